The van der Waals surface area contributed by atoms with E-state index in [0.29, 0.717) is 12.0 Å². The summed E-state index contributed by atoms with van der Waals surface area (Å²) < 4.78 is 0. The first-order valence-electron chi connectivity index (χ1n) is 5.62. The van der Waals surface area contributed by atoms with E-state index in [4.69, 9.17) is 5.73 Å². The molecule has 0 aliphatic heterocycles. The lowest BCUT2D eigenvalue weighted by Crippen LogP contribution is -2.37. The number of hydrogen-bond donors (Lipinski definition) is 2. The summed E-state index contributed by atoms with van der Waals surface area (Å²) >= 11 is 0. The number of unbranched alkanes of at least 4 members (excludes halogenated alkanes) is 1. The van der Waals surface area contributed by atoms with E-state index in [1.54, 1.807) is 0 Å². The fraction of sp³-hybridized carbons (Fsp3) is 1.00. The van der Waals surface area contributed by atoms with Gasteiger partial charge in [0.25, 0.3) is 0 Å². The Morgan fingerprint density at radius 3 is 2.23 bits per heavy atom. The molecule has 0 aromatic rings. The number of nitrogens with one attached hydrogen (secondary N) is 1. The molecule has 0 bridgehead atoms. The van der Waals surface area contributed by atoms with E-state index in [2.05, 4.69) is 19.2 Å². The van der Waals surface area contributed by atoms with Crippen LogP contribution in [0.15, 0.2) is 0 Å². The van der Waals surface area contributed by atoms with E-state index in [1.165, 1.54) is 19.3 Å². The van der Waals surface area contributed by atoms with Crippen molar-refractivity contribution in [3.05, 3.63) is 0 Å². The van der Waals surface area contributed by atoms with Crippen LogP contribution < -0.4 is 11.1 Å². The van der Waals surface area contributed by atoms with E-state index < -0.39 is 0 Å². The van der Waals surface area contributed by atoms with Crippen LogP contribution in [0.1, 0.15) is 47.0 Å². The van der Waals surface area contributed by atoms with E-state index in [1.807, 2.05) is 20.9 Å². The lowest BCUT2D eigenvalue weighted by Gasteiger charge is -2.18. The van der Waals surface area contributed by atoms with Crippen LogP contribution in [0.25, 0.3) is 0 Å². The van der Waals surface area contributed by atoms with Gasteiger partial charge in [-0.3, -0.25) is 0 Å². The van der Waals surface area contributed by atoms with Crippen LogP contribution in [-0.4, -0.2) is 19.6 Å². The summed E-state index contributed by atoms with van der Waals surface area (Å²) in [4.78, 5) is 0. The van der Waals surface area contributed by atoms with Crippen molar-refractivity contribution in [3.8, 4) is 0 Å². The minimum atomic E-state index is 0.326. The van der Waals surface area contributed by atoms with Gasteiger partial charge in [0.2, 0.25) is 0 Å². The van der Waals surface area contributed by atoms with Crippen molar-refractivity contribution in [1.82, 2.24) is 5.32 Å². The molecule has 0 saturated carbocycles. The van der Waals surface area contributed by atoms with Crippen molar-refractivity contribution in [2.24, 2.45) is 11.7 Å². The maximum atomic E-state index is 5.91. The zero-order valence-corrected chi connectivity index (χ0v) is 10.1. The second-order valence-corrected chi connectivity index (χ2v) is 3.34. The molecule has 0 aliphatic rings. The smallest absolute Gasteiger partial charge is 0.0191 e. The summed E-state index contributed by atoms with van der Waals surface area (Å²) in [5.41, 5.74) is 5.91. The van der Waals surface area contributed by atoms with Crippen LogP contribution in [0.2, 0.25) is 0 Å². The normalized spacial score (nSPS) is 14.3. The zero-order valence-electron chi connectivity index (χ0n) is 10.1. The summed E-state index contributed by atoms with van der Waals surface area (Å²) in [6.07, 6.45) is 3.84. The van der Waals surface area contributed by atoms with Gasteiger partial charge in [0.1, 0.15) is 0 Å². The molecule has 82 valence electrons. The molecule has 0 aliphatic carbocycles. The van der Waals surface area contributed by atoms with E-state index in [-0.39, 0.29) is 0 Å². The van der Waals surface area contributed by atoms with Gasteiger partial charge in [0, 0.05) is 12.6 Å². The average Bonchev–Trinajstić information content (AvgIpc) is 2.17. The summed E-state index contributed by atoms with van der Waals surface area (Å²) in [6.45, 7) is 9.39. The molecule has 0 spiro atoms. The Kier molecular flexibility index (Phi) is 14.1. The second-order valence-electron chi connectivity index (χ2n) is 3.34. The van der Waals surface area contributed by atoms with E-state index >= 15 is 0 Å². The third-order valence-electron chi connectivity index (χ3n) is 2.18. The summed E-state index contributed by atoms with van der Waals surface area (Å²) in [5, 5.41) is 3.10. The fourth-order valence-corrected chi connectivity index (χ4v) is 1.18. The Balaban J connectivity index is 0. The number of likely N-dealkylation sites (N-methyl/N-ethyl adjacent to an activating group) is 1. The fourth-order valence-electron chi connectivity index (χ4n) is 1.18. The van der Waals surface area contributed by atoms with Gasteiger partial charge in [-0.05, 0) is 19.4 Å². The van der Waals surface area contributed by atoms with Crippen molar-refractivity contribution < 1.29 is 0 Å². The third kappa shape index (κ3) is 9.84. The lowest BCUT2D eigenvalue weighted by molar-refractivity contribution is 0.403. The Morgan fingerprint density at radius 2 is 1.85 bits per heavy atom. The summed E-state index contributed by atoms with van der Waals surface area (Å²) in [7, 11) is 1.95. The molecular weight excluding hydrogens is 160 g/mol. The quantitative estimate of drug-likeness (QED) is 0.671. The first-order chi connectivity index (χ1) is 6.22. The molecule has 0 aromatic carbocycles. The van der Waals surface area contributed by atoms with Gasteiger partial charge < -0.3 is 11.1 Å². The van der Waals surface area contributed by atoms with Crippen LogP contribution in [0, 0.1) is 5.92 Å². The molecule has 0 radical (unpaired) electrons. The maximum Gasteiger partial charge on any atom is 0.0191 e. The highest BCUT2D eigenvalue weighted by atomic mass is 14.9. The molecule has 0 rings (SSSR count). The predicted octanol–water partition coefficient (Wildman–Crippen LogP) is 2.39. The van der Waals surface area contributed by atoms with Crippen molar-refractivity contribution in [1.29, 1.82) is 0 Å². The highest BCUT2D eigenvalue weighted by Gasteiger charge is 2.10. The third-order valence-corrected chi connectivity index (χ3v) is 2.18. The standard InChI is InChI=1S/C9H22N2.C2H6/c1-4-5-6-8(2)9(10)7-11-3;1-2/h8-9,11H,4-7,10H2,1-3H3;1-2H3. The molecule has 2 atom stereocenters. The minimum Gasteiger partial charge on any atom is -0.326 e. The number of hydrogen-bond acceptors (Lipinski definition) is 2. The zero-order chi connectivity index (χ0) is 10.7. The van der Waals surface area contributed by atoms with Gasteiger partial charge >= 0.3 is 0 Å². The molecule has 3 N–H and O–H groups in total. The molecule has 0 aromatic heterocycles. The first kappa shape index (κ1) is 15.4. The molecule has 2 heteroatoms. The van der Waals surface area contributed by atoms with Gasteiger partial charge in [-0.2, -0.15) is 0 Å². The molecule has 2 nitrogen and oxygen atoms in total. The van der Waals surface area contributed by atoms with Gasteiger partial charge in [-0.1, -0.05) is 40.5 Å². The Bertz CT molecular complexity index is 84.2. The molecule has 0 fully saturated rings. The van der Waals surface area contributed by atoms with Crippen molar-refractivity contribution in [2.75, 3.05) is 13.6 Å². The lowest BCUT2D eigenvalue weighted by atomic mass is 9.96. The van der Waals surface area contributed by atoms with Gasteiger partial charge in [0.05, 0.1) is 0 Å². The first-order valence-corrected chi connectivity index (χ1v) is 5.62. The van der Waals surface area contributed by atoms with Gasteiger partial charge in [-0.15, -0.1) is 0 Å². The maximum absolute atomic E-state index is 5.91. The predicted molar refractivity (Wildman–Crippen MR) is 61.9 cm³/mol. The molecular formula is C11H28N2. The van der Waals surface area contributed by atoms with Crippen LogP contribution in [-0.2, 0) is 0 Å². The molecule has 13 heavy (non-hydrogen) atoms. The van der Waals surface area contributed by atoms with Crippen molar-refractivity contribution in [3.63, 3.8) is 0 Å². The summed E-state index contributed by atoms with van der Waals surface area (Å²) in [6, 6.07) is 0.326. The van der Waals surface area contributed by atoms with Gasteiger partial charge in [0.15, 0.2) is 0 Å². The van der Waals surface area contributed by atoms with Crippen LogP contribution >= 0.6 is 0 Å². The molecule has 2 unspecified atom stereocenters. The largest absolute Gasteiger partial charge is 0.326 e. The van der Waals surface area contributed by atoms with Crippen LogP contribution in [0.5, 0.6) is 0 Å². The van der Waals surface area contributed by atoms with E-state index in [0.717, 1.165) is 6.54 Å². The highest BCUT2D eigenvalue weighted by Crippen LogP contribution is 2.09. The van der Waals surface area contributed by atoms with E-state index in [9.17, 15) is 0 Å². The van der Waals surface area contributed by atoms with Crippen molar-refractivity contribution in [2.45, 2.75) is 53.0 Å². The monoisotopic (exact) mass is 188 g/mol. The Hall–Kier alpha value is -0.0800. The number of nitrogens with two attached hydrogens (primary N) is 1. The van der Waals surface area contributed by atoms with Crippen LogP contribution in [0.3, 0.4) is 0 Å². The minimum absolute atomic E-state index is 0.326. The Morgan fingerprint density at radius 1 is 1.31 bits per heavy atom. The van der Waals surface area contributed by atoms with Crippen LogP contribution in [0.4, 0.5) is 0 Å². The molecule has 0 saturated heterocycles. The number of rotatable bonds is 6. The average molecular weight is 188 g/mol. The second kappa shape index (κ2) is 11.9. The molecule has 0 amide bonds. The summed E-state index contributed by atoms with van der Waals surface area (Å²) in [5.74, 6) is 0.655. The highest BCUT2D eigenvalue weighted by molar-refractivity contribution is 4.70. The molecule has 0 heterocycles. The van der Waals surface area contributed by atoms with Crippen molar-refractivity contribution >= 4 is 0 Å². The Labute approximate surface area is 84.3 Å². The van der Waals surface area contributed by atoms with Gasteiger partial charge in [-0.25, -0.2) is 0 Å². The topological polar surface area (TPSA) is 38.0 Å². The SMILES string of the molecule is CC.CCCCC(C)C(N)CNC.